The number of phenols is 4. The van der Waals surface area contributed by atoms with Crippen LogP contribution in [0.15, 0.2) is 48.0 Å². The molecular weight excluding hydrogens is 392 g/mol. The van der Waals surface area contributed by atoms with Crippen LogP contribution in [0.4, 0.5) is 0 Å². The minimum atomic E-state index is -0.981. The Kier molecular flexibility index (Phi) is 9.48. The van der Waals surface area contributed by atoms with Crippen LogP contribution in [0.5, 0.6) is 23.0 Å². The molecule has 0 aliphatic rings. The van der Waals surface area contributed by atoms with Gasteiger partial charge >= 0.3 is 11.9 Å². The Bertz CT molecular complexity index is 942. The molecule has 0 saturated carbocycles. The summed E-state index contributed by atoms with van der Waals surface area (Å²) in [4.78, 5) is 21.7. The Morgan fingerprint density at radius 1 is 0.867 bits per heavy atom. The van der Waals surface area contributed by atoms with Gasteiger partial charge in [-0.05, 0) is 60.9 Å². The minimum absolute atomic E-state index is 0.191. The van der Waals surface area contributed by atoms with Crippen LogP contribution in [0.2, 0.25) is 0 Å². The second-order valence-electron chi connectivity index (χ2n) is 5.91. The predicted molar refractivity (Wildman–Crippen MR) is 111 cm³/mol. The van der Waals surface area contributed by atoms with Crippen molar-refractivity contribution in [2.45, 2.75) is 20.3 Å². The molecule has 0 aromatic heterocycles. The number of carbonyl (C=O) groups excluding carboxylic acids is 1. The van der Waals surface area contributed by atoms with E-state index in [1.165, 1.54) is 48.6 Å². The van der Waals surface area contributed by atoms with Gasteiger partial charge < -0.3 is 30.3 Å². The number of phenolic OH excluding ortho intramolecular Hbond substituents is 4. The number of ether oxygens (including phenoxy) is 1. The highest BCUT2D eigenvalue weighted by atomic mass is 16.5. The molecule has 2 aromatic rings. The zero-order valence-electron chi connectivity index (χ0n) is 16.6. The number of hydrogen-bond donors (Lipinski definition) is 5. The molecule has 0 radical (unpaired) electrons. The van der Waals surface area contributed by atoms with E-state index in [9.17, 15) is 14.7 Å². The molecule has 0 fully saturated rings. The molecule has 2 aromatic carbocycles. The smallest absolute Gasteiger partial charge is 0.331 e. The SMILES string of the molecule is CC/C(=C\c1ccc(O)c(O)c1)C(=O)O.CCOC(=O)/C=C/c1ccc(O)c(O)c1. The topological polar surface area (TPSA) is 145 Å². The van der Waals surface area contributed by atoms with Crippen LogP contribution < -0.4 is 0 Å². The van der Waals surface area contributed by atoms with Crippen LogP contribution in [0.3, 0.4) is 0 Å². The maximum atomic E-state index is 10.9. The number of carbonyl (C=O) groups is 2. The summed E-state index contributed by atoms with van der Waals surface area (Å²) >= 11 is 0. The third-order valence-corrected chi connectivity index (χ3v) is 3.69. The van der Waals surface area contributed by atoms with Crippen molar-refractivity contribution in [1.29, 1.82) is 0 Å². The summed E-state index contributed by atoms with van der Waals surface area (Å²) in [6.07, 6.45) is 4.62. The fraction of sp³-hybridized carbons (Fsp3) is 0.182. The lowest BCUT2D eigenvalue weighted by atomic mass is 10.1. The van der Waals surface area contributed by atoms with E-state index in [1.807, 2.05) is 0 Å². The molecule has 8 heteroatoms. The first kappa shape index (κ1) is 24.1. The number of esters is 1. The van der Waals surface area contributed by atoms with Crippen LogP contribution in [0, 0.1) is 0 Å². The zero-order chi connectivity index (χ0) is 22.7. The first-order valence-corrected chi connectivity index (χ1v) is 9.00. The molecule has 0 aliphatic carbocycles. The minimum Gasteiger partial charge on any atom is -0.504 e. The average molecular weight is 416 g/mol. The van der Waals surface area contributed by atoms with E-state index in [0.717, 1.165) is 0 Å². The van der Waals surface area contributed by atoms with Gasteiger partial charge in [0.15, 0.2) is 23.0 Å². The van der Waals surface area contributed by atoms with E-state index in [-0.39, 0.29) is 28.6 Å². The van der Waals surface area contributed by atoms with Crippen molar-refractivity contribution in [3.63, 3.8) is 0 Å². The van der Waals surface area contributed by atoms with E-state index < -0.39 is 11.9 Å². The quantitative estimate of drug-likeness (QED) is 0.273. The summed E-state index contributed by atoms with van der Waals surface area (Å²) in [5.74, 6) is -2.32. The Morgan fingerprint density at radius 2 is 1.40 bits per heavy atom. The third-order valence-electron chi connectivity index (χ3n) is 3.69. The molecule has 0 aliphatic heterocycles. The number of aliphatic carboxylic acids is 1. The fourth-order valence-electron chi connectivity index (χ4n) is 2.15. The number of benzene rings is 2. The van der Waals surface area contributed by atoms with Crippen LogP contribution >= 0.6 is 0 Å². The van der Waals surface area contributed by atoms with E-state index in [1.54, 1.807) is 19.9 Å². The van der Waals surface area contributed by atoms with Crippen molar-refractivity contribution < 1.29 is 39.9 Å². The molecule has 8 nitrogen and oxygen atoms in total. The predicted octanol–water partition coefficient (Wildman–Crippen LogP) is 3.65. The number of hydrogen-bond acceptors (Lipinski definition) is 7. The lowest BCUT2D eigenvalue weighted by Crippen LogP contribution is -1.98. The van der Waals surface area contributed by atoms with Gasteiger partial charge in [-0.15, -0.1) is 0 Å². The van der Waals surface area contributed by atoms with Gasteiger partial charge in [0, 0.05) is 11.6 Å². The molecule has 0 spiro atoms. The number of carboxylic acids is 1. The first-order valence-electron chi connectivity index (χ1n) is 9.00. The van der Waals surface area contributed by atoms with Crippen molar-refractivity contribution in [1.82, 2.24) is 0 Å². The highest BCUT2D eigenvalue weighted by Gasteiger charge is 2.05. The molecule has 0 bridgehead atoms. The maximum absolute atomic E-state index is 10.9. The summed E-state index contributed by atoms with van der Waals surface area (Å²) in [5, 5.41) is 45.2. The molecule has 0 heterocycles. The molecule has 0 atom stereocenters. The molecule has 0 saturated heterocycles. The van der Waals surface area contributed by atoms with Gasteiger partial charge in [0.2, 0.25) is 0 Å². The van der Waals surface area contributed by atoms with Gasteiger partial charge in [-0.25, -0.2) is 9.59 Å². The summed E-state index contributed by atoms with van der Waals surface area (Å²) in [5.41, 5.74) is 1.41. The molecular formula is C22H24O8. The molecule has 5 N–H and O–H groups in total. The lowest BCUT2D eigenvalue weighted by Gasteiger charge is -2.01. The van der Waals surface area contributed by atoms with E-state index >= 15 is 0 Å². The Morgan fingerprint density at radius 3 is 1.87 bits per heavy atom. The maximum Gasteiger partial charge on any atom is 0.331 e. The van der Waals surface area contributed by atoms with Gasteiger partial charge in [0.05, 0.1) is 6.61 Å². The van der Waals surface area contributed by atoms with Crippen LogP contribution in [0.1, 0.15) is 31.4 Å². The van der Waals surface area contributed by atoms with Gasteiger partial charge in [-0.2, -0.15) is 0 Å². The fourth-order valence-corrected chi connectivity index (χ4v) is 2.15. The monoisotopic (exact) mass is 416 g/mol. The van der Waals surface area contributed by atoms with Gasteiger partial charge in [0.25, 0.3) is 0 Å². The third kappa shape index (κ3) is 7.97. The summed E-state index contributed by atoms with van der Waals surface area (Å²) in [6, 6.07) is 8.44. The lowest BCUT2D eigenvalue weighted by molar-refractivity contribution is -0.137. The number of rotatable bonds is 6. The Hall–Kier alpha value is -3.94. The Labute approximate surface area is 173 Å². The Balaban J connectivity index is 0.000000300. The van der Waals surface area contributed by atoms with Gasteiger partial charge in [-0.1, -0.05) is 19.1 Å². The van der Waals surface area contributed by atoms with Crippen molar-refractivity contribution >= 4 is 24.1 Å². The highest BCUT2D eigenvalue weighted by molar-refractivity contribution is 5.92. The van der Waals surface area contributed by atoms with Crippen molar-refractivity contribution in [3.8, 4) is 23.0 Å². The van der Waals surface area contributed by atoms with E-state index in [0.29, 0.717) is 24.2 Å². The van der Waals surface area contributed by atoms with Crippen molar-refractivity contribution in [3.05, 3.63) is 59.2 Å². The van der Waals surface area contributed by atoms with Crippen LogP contribution in [0.25, 0.3) is 12.2 Å². The molecule has 0 amide bonds. The van der Waals surface area contributed by atoms with Crippen molar-refractivity contribution in [2.24, 2.45) is 0 Å². The highest BCUT2D eigenvalue weighted by Crippen LogP contribution is 2.26. The van der Waals surface area contributed by atoms with E-state index in [2.05, 4.69) is 4.74 Å². The first-order chi connectivity index (χ1) is 14.2. The molecule has 160 valence electrons. The largest absolute Gasteiger partial charge is 0.504 e. The van der Waals surface area contributed by atoms with Crippen LogP contribution in [-0.4, -0.2) is 44.1 Å². The van der Waals surface area contributed by atoms with Gasteiger partial charge in [-0.3, -0.25) is 0 Å². The van der Waals surface area contributed by atoms with Gasteiger partial charge in [0.1, 0.15) is 0 Å². The van der Waals surface area contributed by atoms with Crippen LogP contribution in [-0.2, 0) is 14.3 Å². The summed E-state index contributed by atoms with van der Waals surface area (Å²) in [6.45, 7) is 3.78. The molecule has 30 heavy (non-hydrogen) atoms. The van der Waals surface area contributed by atoms with Crippen molar-refractivity contribution in [2.75, 3.05) is 6.61 Å². The average Bonchev–Trinajstić information content (AvgIpc) is 2.70. The summed E-state index contributed by atoms with van der Waals surface area (Å²) in [7, 11) is 0. The normalized spacial score (nSPS) is 10.9. The molecule has 0 unspecified atom stereocenters. The summed E-state index contributed by atoms with van der Waals surface area (Å²) < 4.78 is 4.68. The second kappa shape index (κ2) is 11.8. The molecule has 2 rings (SSSR count). The second-order valence-corrected chi connectivity index (χ2v) is 5.91. The zero-order valence-corrected chi connectivity index (χ0v) is 16.6. The number of aromatic hydroxyl groups is 4. The number of carboxylic acid groups (broad SMARTS) is 1. The standard InChI is InChI=1S/2C11H12O4/c1-2-15-11(14)6-4-8-3-5-9(12)10(13)7-8;1-2-8(11(14)15)5-7-3-4-9(12)10(13)6-7/h3-7,12-13H,2H2,1H3;3-6,12-13H,2H2,1H3,(H,14,15)/b6-4+;8-5+. The van der Waals surface area contributed by atoms with E-state index in [4.69, 9.17) is 20.4 Å².